The van der Waals surface area contributed by atoms with Crippen LogP contribution in [-0.4, -0.2) is 42.8 Å². The van der Waals surface area contributed by atoms with E-state index in [2.05, 4.69) is 0 Å². The van der Waals surface area contributed by atoms with Gasteiger partial charge in [0.2, 0.25) is 0 Å². The first-order valence-electron chi connectivity index (χ1n) is 7.89. The lowest BCUT2D eigenvalue weighted by Crippen LogP contribution is -2.33. The van der Waals surface area contributed by atoms with Gasteiger partial charge >= 0.3 is 0 Å². The Morgan fingerprint density at radius 3 is 2.25 bits per heavy atom. The summed E-state index contributed by atoms with van der Waals surface area (Å²) in [4.78, 5) is 14.0. The number of aliphatic hydroxyl groups is 1. The summed E-state index contributed by atoms with van der Waals surface area (Å²) in [6.07, 6.45) is 0. The molecule has 1 N–H and O–H groups in total. The molecule has 128 valence electrons. The quantitative estimate of drug-likeness (QED) is 0.809. The molecular formula is C19H23NO4. The zero-order valence-corrected chi connectivity index (χ0v) is 14.0. The van der Waals surface area contributed by atoms with Crippen molar-refractivity contribution in [3.8, 4) is 11.5 Å². The summed E-state index contributed by atoms with van der Waals surface area (Å²) < 4.78 is 11.0. The fraction of sp³-hybridized carbons (Fsp3) is 0.316. The van der Waals surface area contributed by atoms with Gasteiger partial charge in [0.1, 0.15) is 6.61 Å². The van der Waals surface area contributed by atoms with Gasteiger partial charge < -0.3 is 19.5 Å². The van der Waals surface area contributed by atoms with E-state index >= 15 is 0 Å². The molecule has 2 aromatic carbocycles. The lowest BCUT2D eigenvalue weighted by molar-refractivity contribution is -0.134. The van der Waals surface area contributed by atoms with E-state index < -0.39 is 0 Å². The number of benzene rings is 2. The molecule has 0 aliphatic rings. The molecule has 0 aliphatic heterocycles. The SMILES string of the molecule is CC(c1ccccc1)N(C)C(=O)COc1ccccc1OCCO. The first-order valence-corrected chi connectivity index (χ1v) is 7.89. The number of hydrogen-bond donors (Lipinski definition) is 1. The lowest BCUT2D eigenvalue weighted by Gasteiger charge is -2.25. The van der Waals surface area contributed by atoms with Gasteiger partial charge in [0, 0.05) is 7.05 Å². The molecule has 0 saturated carbocycles. The fourth-order valence-corrected chi connectivity index (χ4v) is 2.26. The predicted octanol–water partition coefficient (Wildman–Crippen LogP) is 2.66. The third-order valence-corrected chi connectivity index (χ3v) is 3.81. The Labute approximate surface area is 142 Å². The van der Waals surface area contributed by atoms with Crippen LogP contribution >= 0.6 is 0 Å². The number of rotatable bonds is 8. The lowest BCUT2D eigenvalue weighted by atomic mass is 10.1. The molecule has 0 saturated heterocycles. The Hall–Kier alpha value is -2.53. The maximum absolute atomic E-state index is 12.4. The summed E-state index contributed by atoms with van der Waals surface area (Å²) in [5.74, 6) is 0.876. The van der Waals surface area contributed by atoms with E-state index in [1.54, 1.807) is 24.1 Å². The highest BCUT2D eigenvalue weighted by Gasteiger charge is 2.18. The number of ether oxygens (including phenoxy) is 2. The smallest absolute Gasteiger partial charge is 0.260 e. The Morgan fingerprint density at radius 2 is 1.62 bits per heavy atom. The van der Waals surface area contributed by atoms with Crippen LogP contribution in [0.4, 0.5) is 0 Å². The van der Waals surface area contributed by atoms with Crippen molar-refractivity contribution in [2.75, 3.05) is 26.9 Å². The molecule has 0 aliphatic carbocycles. The van der Waals surface area contributed by atoms with Gasteiger partial charge in [0.05, 0.1) is 12.6 Å². The number of nitrogens with zero attached hydrogens (tertiary/aromatic N) is 1. The van der Waals surface area contributed by atoms with E-state index in [0.717, 1.165) is 5.56 Å². The molecule has 0 radical (unpaired) electrons. The van der Waals surface area contributed by atoms with E-state index in [1.807, 2.05) is 49.4 Å². The molecule has 1 unspecified atom stereocenters. The van der Waals surface area contributed by atoms with E-state index in [9.17, 15) is 4.79 Å². The van der Waals surface area contributed by atoms with E-state index in [-0.39, 0.29) is 31.8 Å². The van der Waals surface area contributed by atoms with E-state index in [0.29, 0.717) is 11.5 Å². The van der Waals surface area contributed by atoms with Crippen LogP contribution in [0, 0.1) is 0 Å². The van der Waals surface area contributed by atoms with Gasteiger partial charge in [0.25, 0.3) is 5.91 Å². The van der Waals surface area contributed by atoms with Crippen molar-refractivity contribution in [2.45, 2.75) is 13.0 Å². The van der Waals surface area contributed by atoms with Gasteiger partial charge in [-0.2, -0.15) is 0 Å². The molecule has 5 nitrogen and oxygen atoms in total. The van der Waals surface area contributed by atoms with Crippen molar-refractivity contribution in [1.29, 1.82) is 0 Å². The van der Waals surface area contributed by atoms with Crippen molar-refractivity contribution >= 4 is 5.91 Å². The molecule has 24 heavy (non-hydrogen) atoms. The third-order valence-electron chi connectivity index (χ3n) is 3.81. The van der Waals surface area contributed by atoms with Crippen LogP contribution in [0.5, 0.6) is 11.5 Å². The second-order valence-corrected chi connectivity index (χ2v) is 5.40. The van der Waals surface area contributed by atoms with Crippen LogP contribution in [0.1, 0.15) is 18.5 Å². The van der Waals surface area contributed by atoms with Crippen LogP contribution in [0.2, 0.25) is 0 Å². The fourth-order valence-electron chi connectivity index (χ4n) is 2.26. The Kier molecular flexibility index (Phi) is 6.63. The highest BCUT2D eigenvalue weighted by Crippen LogP contribution is 2.26. The number of hydrogen-bond acceptors (Lipinski definition) is 4. The molecule has 2 rings (SSSR count). The van der Waals surface area contributed by atoms with Crippen molar-refractivity contribution in [1.82, 2.24) is 4.90 Å². The van der Waals surface area contributed by atoms with Crippen LogP contribution < -0.4 is 9.47 Å². The highest BCUT2D eigenvalue weighted by molar-refractivity contribution is 5.78. The number of likely N-dealkylation sites (N-methyl/N-ethyl adjacent to an activating group) is 1. The molecule has 0 bridgehead atoms. The average molecular weight is 329 g/mol. The van der Waals surface area contributed by atoms with Crippen LogP contribution in [0.15, 0.2) is 54.6 Å². The minimum atomic E-state index is -0.122. The predicted molar refractivity (Wildman–Crippen MR) is 92.1 cm³/mol. The molecule has 0 spiro atoms. The number of aliphatic hydroxyl groups excluding tert-OH is 1. The van der Waals surface area contributed by atoms with E-state index in [1.165, 1.54) is 0 Å². The summed E-state index contributed by atoms with van der Waals surface area (Å²) in [5, 5.41) is 8.85. The summed E-state index contributed by atoms with van der Waals surface area (Å²) in [5.41, 5.74) is 1.07. The second kappa shape index (κ2) is 8.93. The minimum Gasteiger partial charge on any atom is -0.487 e. The summed E-state index contributed by atoms with van der Waals surface area (Å²) in [6.45, 7) is 2.00. The number of para-hydroxylation sites is 2. The molecule has 1 amide bonds. The summed E-state index contributed by atoms with van der Waals surface area (Å²) >= 11 is 0. The van der Waals surface area contributed by atoms with Gasteiger partial charge in [-0.15, -0.1) is 0 Å². The van der Waals surface area contributed by atoms with Crippen molar-refractivity contribution in [3.05, 3.63) is 60.2 Å². The molecule has 1 atom stereocenters. The average Bonchev–Trinajstić information content (AvgIpc) is 2.64. The largest absolute Gasteiger partial charge is 0.487 e. The van der Waals surface area contributed by atoms with Crippen molar-refractivity contribution < 1.29 is 19.4 Å². The summed E-state index contributed by atoms with van der Waals surface area (Å²) in [7, 11) is 1.76. The van der Waals surface area contributed by atoms with Gasteiger partial charge in [-0.1, -0.05) is 42.5 Å². The second-order valence-electron chi connectivity index (χ2n) is 5.40. The topological polar surface area (TPSA) is 59.0 Å². The van der Waals surface area contributed by atoms with Gasteiger partial charge in [-0.05, 0) is 24.6 Å². The van der Waals surface area contributed by atoms with Gasteiger partial charge in [-0.25, -0.2) is 0 Å². The van der Waals surface area contributed by atoms with Gasteiger partial charge in [0.15, 0.2) is 18.1 Å². The maximum atomic E-state index is 12.4. The number of carbonyl (C=O) groups excluding carboxylic acids is 1. The first kappa shape index (κ1) is 17.8. The Bertz CT molecular complexity index is 645. The van der Waals surface area contributed by atoms with Crippen LogP contribution in [0.25, 0.3) is 0 Å². The standard InChI is InChI=1S/C19H23NO4/c1-15(16-8-4-3-5-9-16)20(2)19(22)14-24-18-11-7-6-10-17(18)23-13-12-21/h3-11,15,21H,12-14H2,1-2H3. The van der Waals surface area contributed by atoms with Crippen LogP contribution in [0.3, 0.4) is 0 Å². The first-order chi connectivity index (χ1) is 11.6. The number of carbonyl (C=O) groups is 1. The molecular weight excluding hydrogens is 306 g/mol. The molecule has 2 aromatic rings. The van der Waals surface area contributed by atoms with Crippen LogP contribution in [-0.2, 0) is 4.79 Å². The van der Waals surface area contributed by atoms with Crippen molar-refractivity contribution in [2.24, 2.45) is 0 Å². The minimum absolute atomic E-state index is 0.0387. The van der Waals surface area contributed by atoms with Crippen molar-refractivity contribution in [3.63, 3.8) is 0 Å². The normalized spacial score (nSPS) is 11.6. The zero-order chi connectivity index (χ0) is 17.4. The monoisotopic (exact) mass is 329 g/mol. The Balaban J connectivity index is 1.95. The maximum Gasteiger partial charge on any atom is 0.260 e. The van der Waals surface area contributed by atoms with E-state index in [4.69, 9.17) is 14.6 Å². The molecule has 0 fully saturated rings. The highest BCUT2D eigenvalue weighted by atomic mass is 16.5. The van der Waals surface area contributed by atoms with Gasteiger partial charge in [-0.3, -0.25) is 4.79 Å². The Morgan fingerprint density at radius 1 is 1.04 bits per heavy atom. The third kappa shape index (κ3) is 4.73. The molecule has 0 heterocycles. The zero-order valence-electron chi connectivity index (χ0n) is 14.0. The number of amides is 1. The summed E-state index contributed by atoms with van der Waals surface area (Å²) in [6, 6.07) is 16.9. The molecule has 0 aromatic heterocycles. The molecule has 5 heteroatoms.